The highest BCUT2D eigenvalue weighted by atomic mass is 35.5. The fourth-order valence-electron chi connectivity index (χ4n) is 1.87. The molecular weight excluding hydrogens is 342 g/mol. The van der Waals surface area contributed by atoms with Crippen molar-refractivity contribution in [2.75, 3.05) is 13.2 Å². The highest BCUT2D eigenvalue weighted by molar-refractivity contribution is 7.91. The summed E-state index contributed by atoms with van der Waals surface area (Å²) in [6.07, 6.45) is 0.601. The zero-order valence-corrected chi connectivity index (χ0v) is 14.5. The molecule has 1 heterocycles. The lowest BCUT2D eigenvalue weighted by atomic mass is 10.1. The molecule has 0 radical (unpaired) electrons. The average Bonchev–Trinajstić information content (AvgIpc) is 2.95. The number of halogens is 1. The van der Waals surface area contributed by atoms with Gasteiger partial charge >= 0.3 is 0 Å². The first-order chi connectivity index (χ1) is 10.5. The molecule has 2 rings (SSSR count). The number of rotatable bonds is 8. The number of thiophene rings is 1. The van der Waals surface area contributed by atoms with Gasteiger partial charge in [-0.05, 0) is 31.0 Å². The van der Waals surface area contributed by atoms with Crippen LogP contribution in [-0.2, 0) is 14.8 Å². The number of hydrogen-bond acceptors (Lipinski definition) is 4. The van der Waals surface area contributed by atoms with Gasteiger partial charge in [-0.25, -0.2) is 13.1 Å². The Balaban J connectivity index is 1.71. The number of nitrogens with one attached hydrogen (secondary N) is 1. The average molecular weight is 360 g/mol. The van der Waals surface area contributed by atoms with Crippen LogP contribution in [0.25, 0.3) is 0 Å². The summed E-state index contributed by atoms with van der Waals surface area (Å²) in [5.41, 5.74) is 1.11. The van der Waals surface area contributed by atoms with Gasteiger partial charge in [0, 0.05) is 13.2 Å². The van der Waals surface area contributed by atoms with E-state index in [2.05, 4.69) is 4.72 Å². The van der Waals surface area contributed by atoms with E-state index in [9.17, 15) is 8.42 Å². The van der Waals surface area contributed by atoms with Crippen LogP contribution in [0.2, 0.25) is 4.34 Å². The van der Waals surface area contributed by atoms with Gasteiger partial charge in [-0.15, -0.1) is 11.3 Å². The van der Waals surface area contributed by atoms with Gasteiger partial charge in [0.25, 0.3) is 0 Å². The van der Waals surface area contributed by atoms with E-state index in [4.69, 9.17) is 16.3 Å². The van der Waals surface area contributed by atoms with Gasteiger partial charge < -0.3 is 4.74 Å². The van der Waals surface area contributed by atoms with Crippen molar-refractivity contribution < 1.29 is 13.2 Å². The Bertz CT molecular complexity index is 686. The van der Waals surface area contributed by atoms with Crippen LogP contribution in [0.3, 0.4) is 0 Å². The fraction of sp³-hybridized carbons (Fsp3) is 0.333. The zero-order chi connectivity index (χ0) is 16.0. The number of ether oxygens (including phenoxy) is 1. The first-order valence-electron chi connectivity index (χ1n) is 6.90. The molecule has 0 bridgehead atoms. The molecule has 1 N–H and O–H groups in total. The zero-order valence-electron chi connectivity index (χ0n) is 12.2. The van der Waals surface area contributed by atoms with Crippen molar-refractivity contribution in [3.63, 3.8) is 0 Å². The van der Waals surface area contributed by atoms with Gasteiger partial charge in [0.15, 0.2) is 0 Å². The van der Waals surface area contributed by atoms with Crippen molar-refractivity contribution in [2.45, 2.75) is 23.7 Å². The van der Waals surface area contributed by atoms with E-state index in [1.165, 1.54) is 6.07 Å². The lowest BCUT2D eigenvalue weighted by molar-refractivity contribution is 0.0647. The van der Waals surface area contributed by atoms with E-state index in [0.29, 0.717) is 23.9 Å². The molecule has 2 aromatic rings. The molecule has 0 saturated carbocycles. The van der Waals surface area contributed by atoms with Gasteiger partial charge in [-0.3, -0.25) is 0 Å². The second kappa shape index (κ2) is 8.08. The Kier molecular flexibility index (Phi) is 6.40. The quantitative estimate of drug-likeness (QED) is 0.728. The molecule has 22 heavy (non-hydrogen) atoms. The molecule has 4 nitrogen and oxygen atoms in total. The van der Waals surface area contributed by atoms with Crippen molar-refractivity contribution in [3.05, 3.63) is 52.4 Å². The number of benzene rings is 1. The molecule has 1 aromatic heterocycles. The second-order valence-electron chi connectivity index (χ2n) is 4.73. The minimum Gasteiger partial charge on any atom is -0.374 e. The van der Waals surface area contributed by atoms with Crippen LogP contribution < -0.4 is 4.72 Å². The van der Waals surface area contributed by atoms with Crippen LogP contribution in [0.4, 0.5) is 0 Å². The third-order valence-corrected chi connectivity index (χ3v) is 6.25. The summed E-state index contributed by atoms with van der Waals surface area (Å²) in [7, 11) is -3.46. The summed E-state index contributed by atoms with van der Waals surface area (Å²) < 4.78 is 32.9. The molecule has 0 spiro atoms. The minimum absolute atomic E-state index is 0.00564. The van der Waals surface area contributed by atoms with Gasteiger partial charge in [0.1, 0.15) is 4.21 Å². The third kappa shape index (κ3) is 5.07. The molecule has 0 saturated heterocycles. The Hall–Kier alpha value is -0.920. The molecule has 0 aliphatic heterocycles. The molecule has 0 amide bonds. The first kappa shape index (κ1) is 17.4. The normalized spacial score (nSPS) is 13.2. The SMILES string of the molecule is CC(OCCCNS(=O)(=O)c1ccc(Cl)s1)c1ccccc1. The summed E-state index contributed by atoms with van der Waals surface area (Å²) in [4.78, 5) is 0. The van der Waals surface area contributed by atoms with E-state index < -0.39 is 10.0 Å². The molecule has 1 unspecified atom stereocenters. The lowest BCUT2D eigenvalue weighted by Crippen LogP contribution is -2.25. The standard InChI is InChI=1S/C15H18ClNO3S2/c1-12(13-6-3-2-4-7-13)20-11-5-10-17-22(18,19)15-9-8-14(16)21-15/h2-4,6-9,12,17H,5,10-11H2,1H3. The molecular formula is C15H18ClNO3S2. The van der Waals surface area contributed by atoms with Crippen molar-refractivity contribution in [1.29, 1.82) is 0 Å². The molecule has 1 aromatic carbocycles. The Labute approximate surface area is 140 Å². The Morgan fingerprint density at radius 1 is 1.23 bits per heavy atom. The topological polar surface area (TPSA) is 55.4 Å². The van der Waals surface area contributed by atoms with E-state index in [0.717, 1.165) is 16.9 Å². The van der Waals surface area contributed by atoms with Gasteiger partial charge in [-0.2, -0.15) is 0 Å². The maximum atomic E-state index is 12.0. The van der Waals surface area contributed by atoms with E-state index in [-0.39, 0.29) is 10.3 Å². The molecule has 120 valence electrons. The molecule has 1 atom stereocenters. The van der Waals surface area contributed by atoms with Crippen molar-refractivity contribution in [2.24, 2.45) is 0 Å². The van der Waals surface area contributed by atoms with Gasteiger partial charge in [0.05, 0.1) is 10.4 Å². The highest BCUT2D eigenvalue weighted by Gasteiger charge is 2.15. The molecule has 0 aliphatic carbocycles. The highest BCUT2D eigenvalue weighted by Crippen LogP contribution is 2.25. The van der Waals surface area contributed by atoms with Crippen molar-refractivity contribution in [1.82, 2.24) is 4.72 Å². The van der Waals surface area contributed by atoms with Crippen LogP contribution in [0.5, 0.6) is 0 Å². The summed E-state index contributed by atoms with van der Waals surface area (Å²) in [6.45, 7) is 2.80. The fourth-order valence-corrected chi connectivity index (χ4v) is 4.47. The van der Waals surface area contributed by atoms with Crippen LogP contribution >= 0.6 is 22.9 Å². The first-order valence-corrected chi connectivity index (χ1v) is 9.58. The lowest BCUT2D eigenvalue weighted by Gasteiger charge is -2.13. The number of sulfonamides is 1. The van der Waals surface area contributed by atoms with Crippen LogP contribution in [0.1, 0.15) is 25.0 Å². The minimum atomic E-state index is -3.46. The molecule has 7 heteroatoms. The maximum absolute atomic E-state index is 12.0. The Morgan fingerprint density at radius 3 is 2.59 bits per heavy atom. The third-order valence-electron chi connectivity index (χ3n) is 3.06. The predicted octanol–water partition coefficient (Wildman–Crippen LogP) is 3.85. The number of hydrogen-bond donors (Lipinski definition) is 1. The van der Waals surface area contributed by atoms with E-state index >= 15 is 0 Å². The van der Waals surface area contributed by atoms with Gasteiger partial charge in [-0.1, -0.05) is 41.9 Å². The predicted molar refractivity (Wildman–Crippen MR) is 89.9 cm³/mol. The van der Waals surface area contributed by atoms with Crippen molar-refractivity contribution in [3.8, 4) is 0 Å². The summed E-state index contributed by atoms with van der Waals surface area (Å²) >= 11 is 6.79. The smallest absolute Gasteiger partial charge is 0.250 e. The maximum Gasteiger partial charge on any atom is 0.250 e. The summed E-state index contributed by atoms with van der Waals surface area (Å²) in [5.74, 6) is 0. The van der Waals surface area contributed by atoms with Crippen LogP contribution in [0.15, 0.2) is 46.7 Å². The molecule has 0 fully saturated rings. The monoisotopic (exact) mass is 359 g/mol. The van der Waals surface area contributed by atoms with E-state index in [1.54, 1.807) is 6.07 Å². The molecule has 0 aliphatic rings. The largest absolute Gasteiger partial charge is 0.374 e. The summed E-state index contributed by atoms with van der Waals surface area (Å²) in [6, 6.07) is 13.0. The van der Waals surface area contributed by atoms with Gasteiger partial charge in [0.2, 0.25) is 10.0 Å². The Morgan fingerprint density at radius 2 is 1.95 bits per heavy atom. The van der Waals surface area contributed by atoms with Crippen molar-refractivity contribution >= 4 is 33.0 Å². The second-order valence-corrected chi connectivity index (χ2v) is 8.44. The summed E-state index contributed by atoms with van der Waals surface area (Å²) in [5, 5.41) is 0. The van der Waals surface area contributed by atoms with E-state index in [1.807, 2.05) is 37.3 Å². The van der Waals surface area contributed by atoms with Crippen LogP contribution in [0, 0.1) is 0 Å². The van der Waals surface area contributed by atoms with Crippen LogP contribution in [-0.4, -0.2) is 21.6 Å².